The van der Waals surface area contributed by atoms with Gasteiger partial charge in [-0.2, -0.15) is 5.10 Å². The highest BCUT2D eigenvalue weighted by Crippen LogP contribution is 2.21. The molecule has 0 saturated heterocycles. The fraction of sp³-hybridized carbons (Fsp3) is 0.333. The SMILES string of the molecule is Cc1nn(C)c(C)c1OCCOc1ccc(C(=O)O)cc1. The lowest BCUT2D eigenvalue weighted by molar-refractivity contribution is 0.0697. The molecule has 1 aromatic carbocycles. The van der Waals surface area contributed by atoms with Gasteiger partial charge in [-0.1, -0.05) is 0 Å². The number of aromatic carboxylic acids is 1. The molecular weight excluding hydrogens is 272 g/mol. The summed E-state index contributed by atoms with van der Waals surface area (Å²) in [6.45, 7) is 4.61. The minimum Gasteiger partial charge on any atom is -0.490 e. The lowest BCUT2D eigenvalue weighted by Crippen LogP contribution is -2.10. The first-order valence-electron chi connectivity index (χ1n) is 6.58. The highest BCUT2D eigenvalue weighted by atomic mass is 16.5. The second-order valence-corrected chi connectivity index (χ2v) is 4.65. The number of aryl methyl sites for hydroxylation is 2. The van der Waals surface area contributed by atoms with Crippen molar-refractivity contribution < 1.29 is 19.4 Å². The van der Waals surface area contributed by atoms with Gasteiger partial charge in [-0.05, 0) is 38.1 Å². The third-order valence-electron chi connectivity index (χ3n) is 3.14. The second-order valence-electron chi connectivity index (χ2n) is 4.65. The van der Waals surface area contributed by atoms with E-state index in [2.05, 4.69) is 5.10 Å². The number of aromatic nitrogens is 2. The number of carboxylic acids is 1. The van der Waals surface area contributed by atoms with Crippen LogP contribution in [0.3, 0.4) is 0 Å². The largest absolute Gasteiger partial charge is 0.490 e. The van der Waals surface area contributed by atoms with Gasteiger partial charge in [-0.25, -0.2) is 4.79 Å². The fourth-order valence-corrected chi connectivity index (χ4v) is 1.96. The summed E-state index contributed by atoms with van der Waals surface area (Å²) in [6, 6.07) is 6.27. The number of hydrogen-bond acceptors (Lipinski definition) is 4. The van der Waals surface area contributed by atoms with Gasteiger partial charge < -0.3 is 14.6 Å². The van der Waals surface area contributed by atoms with Crippen molar-refractivity contribution in [2.24, 2.45) is 7.05 Å². The van der Waals surface area contributed by atoms with Crippen LogP contribution in [0.15, 0.2) is 24.3 Å². The summed E-state index contributed by atoms with van der Waals surface area (Å²) < 4.78 is 12.9. The molecule has 2 rings (SSSR count). The van der Waals surface area contributed by atoms with Crippen molar-refractivity contribution in [2.75, 3.05) is 13.2 Å². The van der Waals surface area contributed by atoms with Gasteiger partial charge in [-0.3, -0.25) is 4.68 Å². The van der Waals surface area contributed by atoms with E-state index in [-0.39, 0.29) is 5.56 Å². The molecule has 0 unspecified atom stereocenters. The molecule has 0 amide bonds. The van der Waals surface area contributed by atoms with Gasteiger partial charge in [0, 0.05) is 7.05 Å². The highest BCUT2D eigenvalue weighted by molar-refractivity contribution is 5.87. The van der Waals surface area contributed by atoms with E-state index in [1.807, 2.05) is 20.9 Å². The first-order chi connectivity index (χ1) is 9.99. The molecule has 0 aliphatic heterocycles. The number of nitrogens with zero attached hydrogens (tertiary/aromatic N) is 2. The third-order valence-corrected chi connectivity index (χ3v) is 3.14. The first kappa shape index (κ1) is 14.9. The van der Waals surface area contributed by atoms with Crippen LogP contribution in [0.5, 0.6) is 11.5 Å². The Hall–Kier alpha value is -2.50. The van der Waals surface area contributed by atoms with E-state index >= 15 is 0 Å². The Balaban J connectivity index is 1.83. The lowest BCUT2D eigenvalue weighted by atomic mass is 10.2. The minimum absolute atomic E-state index is 0.236. The zero-order valence-corrected chi connectivity index (χ0v) is 12.3. The molecule has 0 aliphatic rings. The average molecular weight is 290 g/mol. The van der Waals surface area contributed by atoms with E-state index in [0.29, 0.717) is 19.0 Å². The number of carboxylic acid groups (broad SMARTS) is 1. The van der Waals surface area contributed by atoms with Crippen LogP contribution in [0, 0.1) is 13.8 Å². The van der Waals surface area contributed by atoms with Crippen LogP contribution in [0.25, 0.3) is 0 Å². The predicted octanol–water partition coefficient (Wildman–Crippen LogP) is 2.19. The fourth-order valence-electron chi connectivity index (χ4n) is 1.96. The number of rotatable bonds is 6. The molecule has 6 heteroatoms. The van der Waals surface area contributed by atoms with Gasteiger partial charge in [0.15, 0.2) is 5.75 Å². The van der Waals surface area contributed by atoms with Crippen LogP contribution in [0.1, 0.15) is 21.7 Å². The Morgan fingerprint density at radius 1 is 1.19 bits per heavy atom. The van der Waals surface area contributed by atoms with Crippen molar-refractivity contribution in [1.29, 1.82) is 0 Å². The van der Waals surface area contributed by atoms with Crippen LogP contribution < -0.4 is 9.47 Å². The standard InChI is InChI=1S/C15H18N2O4/c1-10-14(11(2)17(3)16-10)21-9-8-20-13-6-4-12(5-7-13)15(18)19/h4-7H,8-9H2,1-3H3,(H,18,19). The first-order valence-corrected chi connectivity index (χ1v) is 6.58. The van der Waals surface area contributed by atoms with E-state index in [1.54, 1.807) is 16.8 Å². The average Bonchev–Trinajstić information content (AvgIpc) is 2.69. The summed E-state index contributed by atoms with van der Waals surface area (Å²) in [7, 11) is 1.87. The van der Waals surface area contributed by atoms with Gasteiger partial charge in [0.1, 0.15) is 24.7 Å². The van der Waals surface area contributed by atoms with E-state index in [4.69, 9.17) is 14.6 Å². The van der Waals surface area contributed by atoms with E-state index in [9.17, 15) is 4.79 Å². The summed E-state index contributed by atoms with van der Waals surface area (Å²) in [5.74, 6) is 0.443. The number of hydrogen-bond donors (Lipinski definition) is 1. The predicted molar refractivity (Wildman–Crippen MR) is 77.1 cm³/mol. The molecule has 2 aromatic rings. The summed E-state index contributed by atoms with van der Waals surface area (Å²) in [5.41, 5.74) is 2.05. The Morgan fingerprint density at radius 3 is 2.33 bits per heavy atom. The van der Waals surface area contributed by atoms with Crippen molar-refractivity contribution in [3.05, 3.63) is 41.2 Å². The normalized spacial score (nSPS) is 10.4. The van der Waals surface area contributed by atoms with Gasteiger partial charge in [0.05, 0.1) is 11.3 Å². The van der Waals surface area contributed by atoms with Crippen molar-refractivity contribution in [3.63, 3.8) is 0 Å². The quantitative estimate of drug-likeness (QED) is 0.826. The van der Waals surface area contributed by atoms with Crippen LogP contribution in [0.2, 0.25) is 0 Å². The van der Waals surface area contributed by atoms with Crippen molar-refractivity contribution >= 4 is 5.97 Å². The molecule has 0 spiro atoms. The van der Waals surface area contributed by atoms with E-state index in [0.717, 1.165) is 17.1 Å². The Morgan fingerprint density at radius 2 is 1.81 bits per heavy atom. The second kappa shape index (κ2) is 6.30. The van der Waals surface area contributed by atoms with Gasteiger partial charge >= 0.3 is 5.97 Å². The molecule has 112 valence electrons. The summed E-state index contributed by atoms with van der Waals surface area (Å²) >= 11 is 0. The molecule has 1 N–H and O–H groups in total. The van der Waals surface area contributed by atoms with E-state index in [1.165, 1.54) is 12.1 Å². The molecule has 21 heavy (non-hydrogen) atoms. The van der Waals surface area contributed by atoms with Crippen LogP contribution >= 0.6 is 0 Å². The van der Waals surface area contributed by atoms with Crippen molar-refractivity contribution in [2.45, 2.75) is 13.8 Å². The highest BCUT2D eigenvalue weighted by Gasteiger charge is 2.10. The maximum absolute atomic E-state index is 10.7. The Labute approximate surface area is 122 Å². The zero-order valence-electron chi connectivity index (χ0n) is 12.3. The molecule has 0 fully saturated rings. The molecule has 0 saturated carbocycles. The maximum Gasteiger partial charge on any atom is 0.335 e. The molecule has 0 radical (unpaired) electrons. The Bertz CT molecular complexity index is 632. The topological polar surface area (TPSA) is 73.6 Å². The maximum atomic E-state index is 10.7. The molecule has 1 aromatic heterocycles. The molecular formula is C15H18N2O4. The number of benzene rings is 1. The van der Waals surface area contributed by atoms with Crippen molar-refractivity contribution in [1.82, 2.24) is 9.78 Å². The van der Waals surface area contributed by atoms with E-state index < -0.39 is 5.97 Å². The molecule has 0 aliphatic carbocycles. The monoisotopic (exact) mass is 290 g/mol. The van der Waals surface area contributed by atoms with Gasteiger partial charge in [0.2, 0.25) is 0 Å². The number of carbonyl (C=O) groups is 1. The lowest BCUT2D eigenvalue weighted by Gasteiger charge is -2.08. The molecule has 0 bridgehead atoms. The summed E-state index contributed by atoms with van der Waals surface area (Å²) in [6.07, 6.45) is 0. The smallest absolute Gasteiger partial charge is 0.335 e. The summed E-state index contributed by atoms with van der Waals surface area (Å²) in [5, 5.41) is 13.1. The van der Waals surface area contributed by atoms with Crippen LogP contribution in [0.4, 0.5) is 0 Å². The number of ether oxygens (including phenoxy) is 2. The van der Waals surface area contributed by atoms with Crippen LogP contribution in [-0.2, 0) is 7.05 Å². The minimum atomic E-state index is -0.951. The van der Waals surface area contributed by atoms with Gasteiger partial charge in [-0.15, -0.1) is 0 Å². The van der Waals surface area contributed by atoms with Gasteiger partial charge in [0.25, 0.3) is 0 Å². The molecule has 1 heterocycles. The van der Waals surface area contributed by atoms with Crippen molar-refractivity contribution in [3.8, 4) is 11.5 Å². The zero-order chi connectivity index (χ0) is 15.4. The Kier molecular flexibility index (Phi) is 4.47. The molecule has 0 atom stereocenters. The van der Waals surface area contributed by atoms with Crippen LogP contribution in [-0.4, -0.2) is 34.1 Å². The summed E-state index contributed by atoms with van der Waals surface area (Å²) in [4.78, 5) is 10.7. The third kappa shape index (κ3) is 3.53. The molecule has 6 nitrogen and oxygen atoms in total.